The summed E-state index contributed by atoms with van der Waals surface area (Å²) >= 11 is 0. The minimum Gasteiger partial charge on any atom is -0.506 e. The van der Waals surface area contributed by atoms with Gasteiger partial charge in [-0.3, -0.25) is 10.1 Å². The largest absolute Gasteiger partial charge is 0.506 e. The van der Waals surface area contributed by atoms with E-state index in [-0.39, 0.29) is 17.1 Å². The third-order valence-corrected chi connectivity index (χ3v) is 3.68. The number of anilines is 2. The molecule has 8 nitrogen and oxygen atoms in total. The summed E-state index contributed by atoms with van der Waals surface area (Å²) in [5.74, 6) is 0.260. The van der Waals surface area contributed by atoms with Crippen molar-refractivity contribution in [3.8, 4) is 11.5 Å². The van der Waals surface area contributed by atoms with Gasteiger partial charge >= 0.3 is 0 Å². The SMILES string of the molecule is COc1cc(Nc2ccccc2)ccc1N=Nc1cc([N+](=O)[O-])ccc1O. The van der Waals surface area contributed by atoms with E-state index in [1.54, 1.807) is 18.2 Å². The smallest absolute Gasteiger partial charge is 0.271 e. The number of phenols is 1. The molecule has 0 aliphatic carbocycles. The number of methoxy groups -OCH3 is 1. The van der Waals surface area contributed by atoms with Crippen molar-refractivity contribution in [1.82, 2.24) is 0 Å². The zero-order chi connectivity index (χ0) is 19.2. The van der Waals surface area contributed by atoms with Crippen LogP contribution < -0.4 is 10.1 Å². The monoisotopic (exact) mass is 364 g/mol. The lowest BCUT2D eigenvalue weighted by Crippen LogP contribution is -1.91. The van der Waals surface area contributed by atoms with Gasteiger partial charge in [-0.2, -0.15) is 0 Å². The number of benzene rings is 3. The summed E-state index contributed by atoms with van der Waals surface area (Å²) in [4.78, 5) is 10.3. The first kappa shape index (κ1) is 17.9. The summed E-state index contributed by atoms with van der Waals surface area (Å²) in [6.45, 7) is 0. The predicted octanol–water partition coefficient (Wildman–Crippen LogP) is 5.47. The van der Waals surface area contributed by atoms with Crippen molar-refractivity contribution in [2.45, 2.75) is 0 Å². The van der Waals surface area contributed by atoms with Crippen LogP contribution >= 0.6 is 0 Å². The zero-order valence-corrected chi connectivity index (χ0v) is 14.4. The van der Waals surface area contributed by atoms with Crippen molar-refractivity contribution in [2.75, 3.05) is 12.4 Å². The molecule has 0 spiro atoms. The van der Waals surface area contributed by atoms with E-state index in [1.165, 1.54) is 19.2 Å². The van der Waals surface area contributed by atoms with Crippen LogP contribution in [0.2, 0.25) is 0 Å². The van der Waals surface area contributed by atoms with Gasteiger partial charge in [0.15, 0.2) is 0 Å². The number of aromatic hydroxyl groups is 1. The number of rotatable bonds is 6. The van der Waals surface area contributed by atoms with E-state index < -0.39 is 4.92 Å². The molecule has 0 aliphatic rings. The fraction of sp³-hybridized carbons (Fsp3) is 0.0526. The van der Waals surface area contributed by atoms with Gasteiger partial charge in [0.2, 0.25) is 0 Å². The molecule has 3 aromatic rings. The number of non-ortho nitro benzene ring substituents is 1. The standard InChI is InChI=1S/C19H16N4O4/c1-27-19-11-14(20-13-5-3-2-4-6-13)7-9-16(19)21-22-17-12-15(23(25)26)8-10-18(17)24/h2-12,20,24H,1H3. The van der Waals surface area contributed by atoms with Gasteiger partial charge < -0.3 is 15.2 Å². The molecule has 0 atom stereocenters. The molecule has 0 fully saturated rings. The molecule has 2 N–H and O–H groups in total. The number of nitro groups is 1. The molecule has 0 aliphatic heterocycles. The van der Waals surface area contributed by atoms with E-state index in [1.807, 2.05) is 30.3 Å². The molecule has 0 saturated heterocycles. The first-order valence-electron chi connectivity index (χ1n) is 7.96. The van der Waals surface area contributed by atoms with Gasteiger partial charge in [-0.15, -0.1) is 10.2 Å². The molecule has 0 heterocycles. The Hall–Kier alpha value is -3.94. The predicted molar refractivity (Wildman–Crippen MR) is 102 cm³/mol. The van der Waals surface area contributed by atoms with Crippen LogP contribution in [0.3, 0.4) is 0 Å². The number of azo groups is 1. The molecule has 0 saturated carbocycles. The second-order valence-corrected chi connectivity index (χ2v) is 5.51. The minimum atomic E-state index is -0.566. The van der Waals surface area contributed by atoms with E-state index >= 15 is 0 Å². The van der Waals surface area contributed by atoms with Crippen molar-refractivity contribution in [3.05, 3.63) is 76.8 Å². The quantitative estimate of drug-likeness (QED) is 0.342. The summed E-state index contributed by atoms with van der Waals surface area (Å²) in [7, 11) is 1.51. The third-order valence-electron chi connectivity index (χ3n) is 3.68. The van der Waals surface area contributed by atoms with E-state index in [0.717, 1.165) is 17.4 Å². The number of para-hydroxylation sites is 1. The minimum absolute atomic E-state index is 0.00209. The Bertz CT molecular complexity index is 990. The molecule has 0 amide bonds. The van der Waals surface area contributed by atoms with Crippen molar-refractivity contribution >= 4 is 28.4 Å². The highest BCUT2D eigenvalue weighted by Crippen LogP contribution is 2.35. The molecular weight excluding hydrogens is 348 g/mol. The normalized spacial score (nSPS) is 10.7. The van der Waals surface area contributed by atoms with E-state index in [0.29, 0.717) is 11.4 Å². The molecule has 8 heteroatoms. The highest BCUT2D eigenvalue weighted by Gasteiger charge is 2.10. The van der Waals surface area contributed by atoms with Gasteiger partial charge in [0, 0.05) is 29.6 Å². The Labute approximate surface area is 154 Å². The van der Waals surface area contributed by atoms with Crippen LogP contribution in [-0.4, -0.2) is 17.1 Å². The molecule has 0 radical (unpaired) electrons. The summed E-state index contributed by atoms with van der Waals surface area (Å²) in [6, 6.07) is 18.5. The zero-order valence-electron chi connectivity index (χ0n) is 14.4. The van der Waals surface area contributed by atoms with Gasteiger partial charge in [-0.25, -0.2) is 0 Å². The van der Waals surface area contributed by atoms with Crippen molar-refractivity contribution in [3.63, 3.8) is 0 Å². The number of phenolic OH excluding ortho intramolecular Hbond substituents is 1. The average Bonchev–Trinajstić information content (AvgIpc) is 2.68. The Kier molecular flexibility index (Phi) is 5.27. The number of hydrogen-bond donors (Lipinski definition) is 2. The van der Waals surface area contributed by atoms with Gasteiger partial charge in [0.05, 0.1) is 12.0 Å². The summed E-state index contributed by atoms with van der Waals surface area (Å²) in [6.07, 6.45) is 0. The van der Waals surface area contributed by atoms with Crippen LogP contribution in [0.25, 0.3) is 0 Å². The lowest BCUT2D eigenvalue weighted by Gasteiger charge is -2.09. The van der Waals surface area contributed by atoms with Crippen LogP contribution in [-0.2, 0) is 0 Å². The lowest BCUT2D eigenvalue weighted by molar-refractivity contribution is -0.384. The topological polar surface area (TPSA) is 109 Å². The first-order valence-corrected chi connectivity index (χ1v) is 7.96. The van der Waals surface area contributed by atoms with Gasteiger partial charge in [-0.1, -0.05) is 18.2 Å². The van der Waals surface area contributed by atoms with E-state index in [9.17, 15) is 15.2 Å². The molecule has 3 rings (SSSR count). The lowest BCUT2D eigenvalue weighted by atomic mass is 10.2. The highest BCUT2D eigenvalue weighted by molar-refractivity contribution is 5.66. The maximum atomic E-state index is 10.9. The Morgan fingerprint density at radius 1 is 0.963 bits per heavy atom. The summed E-state index contributed by atoms with van der Waals surface area (Å²) in [5.41, 5.74) is 1.96. The molecule has 3 aromatic carbocycles. The first-order chi connectivity index (χ1) is 13.1. The highest BCUT2D eigenvalue weighted by atomic mass is 16.6. The maximum Gasteiger partial charge on any atom is 0.271 e. The van der Waals surface area contributed by atoms with Crippen LogP contribution in [0.1, 0.15) is 0 Å². The van der Waals surface area contributed by atoms with Crippen LogP contribution in [0.15, 0.2) is 77.0 Å². The van der Waals surface area contributed by atoms with Gasteiger partial charge in [0.1, 0.15) is 22.9 Å². The Morgan fingerprint density at radius 3 is 2.41 bits per heavy atom. The maximum absolute atomic E-state index is 10.9. The van der Waals surface area contributed by atoms with E-state index in [4.69, 9.17) is 4.74 Å². The van der Waals surface area contributed by atoms with Crippen molar-refractivity contribution in [2.24, 2.45) is 10.2 Å². The fourth-order valence-electron chi connectivity index (χ4n) is 2.34. The molecule has 136 valence electrons. The number of hydrogen-bond acceptors (Lipinski definition) is 7. The van der Waals surface area contributed by atoms with E-state index in [2.05, 4.69) is 15.5 Å². The molecule has 0 aromatic heterocycles. The summed E-state index contributed by atoms with van der Waals surface area (Å²) in [5, 5.41) is 31.9. The number of nitro benzene ring substituents is 1. The van der Waals surface area contributed by atoms with Crippen molar-refractivity contribution in [1.29, 1.82) is 0 Å². The molecular formula is C19H16N4O4. The second-order valence-electron chi connectivity index (χ2n) is 5.51. The van der Waals surface area contributed by atoms with Gasteiger partial charge in [0.25, 0.3) is 5.69 Å². The Morgan fingerprint density at radius 2 is 1.70 bits per heavy atom. The average molecular weight is 364 g/mol. The number of nitrogens with zero attached hydrogens (tertiary/aromatic N) is 3. The van der Waals surface area contributed by atoms with Crippen LogP contribution in [0.5, 0.6) is 11.5 Å². The third kappa shape index (κ3) is 4.37. The Balaban J connectivity index is 1.86. The second kappa shape index (κ2) is 7.96. The summed E-state index contributed by atoms with van der Waals surface area (Å²) < 4.78 is 5.34. The number of ether oxygens (including phenoxy) is 1. The molecule has 0 unspecified atom stereocenters. The van der Waals surface area contributed by atoms with Gasteiger partial charge in [-0.05, 0) is 30.3 Å². The van der Waals surface area contributed by atoms with Crippen LogP contribution in [0, 0.1) is 10.1 Å². The number of nitrogens with one attached hydrogen (secondary N) is 1. The van der Waals surface area contributed by atoms with Crippen molar-refractivity contribution < 1.29 is 14.8 Å². The molecule has 27 heavy (non-hydrogen) atoms. The molecule has 0 bridgehead atoms. The van der Waals surface area contributed by atoms with Crippen LogP contribution in [0.4, 0.5) is 28.4 Å². The fourth-order valence-corrected chi connectivity index (χ4v) is 2.34.